The Labute approximate surface area is 98.3 Å². The number of oxime groups is 1. The van der Waals surface area contributed by atoms with Crippen LogP contribution in [-0.4, -0.2) is 48.7 Å². The Balaban J connectivity index is 2.46. The summed E-state index contributed by atoms with van der Waals surface area (Å²) < 4.78 is 5.11. The van der Waals surface area contributed by atoms with Gasteiger partial charge in [0.15, 0.2) is 0 Å². The summed E-state index contributed by atoms with van der Waals surface area (Å²) in [6.07, 6.45) is 3.01. The second-order valence-electron chi connectivity index (χ2n) is 4.57. The lowest BCUT2D eigenvalue weighted by Crippen LogP contribution is -2.45. The summed E-state index contributed by atoms with van der Waals surface area (Å²) >= 11 is 0. The van der Waals surface area contributed by atoms with Gasteiger partial charge < -0.3 is 9.94 Å². The van der Waals surface area contributed by atoms with Gasteiger partial charge in [-0.2, -0.15) is 0 Å². The van der Waals surface area contributed by atoms with Crippen molar-refractivity contribution in [3.63, 3.8) is 0 Å². The third kappa shape index (κ3) is 3.46. The van der Waals surface area contributed by atoms with Crippen molar-refractivity contribution in [2.75, 3.05) is 26.8 Å². The largest absolute Gasteiger partial charge is 0.411 e. The standard InChI is InChI=1S/C12H24N2O2/c1-4-11-9-14(7-5-12(11)13-15)10(2)6-8-16-3/h10-11,15H,4-9H2,1-3H3. The number of hydrogen-bond acceptors (Lipinski definition) is 4. The van der Waals surface area contributed by atoms with Gasteiger partial charge in [-0.25, -0.2) is 0 Å². The summed E-state index contributed by atoms with van der Waals surface area (Å²) in [6.45, 7) is 7.23. The fourth-order valence-corrected chi connectivity index (χ4v) is 2.31. The normalized spacial score (nSPS) is 27.2. The van der Waals surface area contributed by atoms with E-state index < -0.39 is 0 Å². The van der Waals surface area contributed by atoms with Crippen LogP contribution in [0, 0.1) is 5.92 Å². The summed E-state index contributed by atoms with van der Waals surface area (Å²) in [5, 5.41) is 12.3. The van der Waals surface area contributed by atoms with Crippen molar-refractivity contribution in [2.45, 2.75) is 39.2 Å². The number of ether oxygens (including phenoxy) is 1. The molecular formula is C12H24N2O2. The Hall–Kier alpha value is -0.610. The molecule has 0 amide bonds. The molecule has 1 heterocycles. The van der Waals surface area contributed by atoms with Crippen LogP contribution in [0.1, 0.15) is 33.1 Å². The maximum absolute atomic E-state index is 8.91. The van der Waals surface area contributed by atoms with Gasteiger partial charge in [-0.05, 0) is 19.8 Å². The average Bonchev–Trinajstić information content (AvgIpc) is 2.34. The molecule has 0 aromatic rings. The minimum absolute atomic E-state index is 0.420. The molecule has 0 bridgehead atoms. The highest BCUT2D eigenvalue weighted by Crippen LogP contribution is 2.20. The Morgan fingerprint density at radius 1 is 1.62 bits per heavy atom. The maximum Gasteiger partial charge on any atom is 0.0627 e. The molecule has 0 spiro atoms. The number of rotatable bonds is 5. The van der Waals surface area contributed by atoms with Crippen molar-refractivity contribution in [1.82, 2.24) is 4.90 Å². The van der Waals surface area contributed by atoms with Crippen molar-refractivity contribution < 1.29 is 9.94 Å². The molecule has 1 fully saturated rings. The first kappa shape index (κ1) is 13.5. The van der Waals surface area contributed by atoms with Crippen molar-refractivity contribution >= 4 is 5.71 Å². The van der Waals surface area contributed by atoms with Gasteiger partial charge in [0.2, 0.25) is 0 Å². The SMILES string of the molecule is CCC1CN(C(C)CCOC)CCC1=NO. The van der Waals surface area contributed by atoms with Gasteiger partial charge in [0.25, 0.3) is 0 Å². The molecule has 2 atom stereocenters. The molecule has 4 heteroatoms. The zero-order valence-corrected chi connectivity index (χ0v) is 10.6. The van der Waals surface area contributed by atoms with E-state index in [1.54, 1.807) is 7.11 Å². The Morgan fingerprint density at radius 2 is 2.38 bits per heavy atom. The van der Waals surface area contributed by atoms with Crippen molar-refractivity contribution in [1.29, 1.82) is 0 Å². The van der Waals surface area contributed by atoms with E-state index in [4.69, 9.17) is 9.94 Å². The van der Waals surface area contributed by atoms with Gasteiger partial charge in [0, 0.05) is 45.2 Å². The average molecular weight is 228 g/mol. The van der Waals surface area contributed by atoms with E-state index >= 15 is 0 Å². The molecule has 0 aromatic carbocycles. The lowest BCUT2D eigenvalue weighted by molar-refractivity contribution is 0.125. The van der Waals surface area contributed by atoms with Crippen molar-refractivity contribution in [3.05, 3.63) is 0 Å². The van der Waals surface area contributed by atoms with E-state index in [0.29, 0.717) is 12.0 Å². The van der Waals surface area contributed by atoms with Gasteiger partial charge in [0.05, 0.1) is 5.71 Å². The minimum atomic E-state index is 0.420. The molecule has 1 rings (SSSR count). The zero-order chi connectivity index (χ0) is 12.0. The van der Waals surface area contributed by atoms with Crippen LogP contribution >= 0.6 is 0 Å². The van der Waals surface area contributed by atoms with Gasteiger partial charge >= 0.3 is 0 Å². The first-order valence-electron chi connectivity index (χ1n) is 6.16. The third-order valence-corrected chi connectivity index (χ3v) is 3.57. The molecule has 0 aromatic heterocycles. The molecule has 1 saturated heterocycles. The molecule has 2 unspecified atom stereocenters. The Kier molecular flexibility index (Phi) is 5.77. The highest BCUT2D eigenvalue weighted by Gasteiger charge is 2.27. The van der Waals surface area contributed by atoms with Crippen LogP contribution in [0.2, 0.25) is 0 Å². The number of hydrogen-bond donors (Lipinski definition) is 1. The van der Waals surface area contributed by atoms with Crippen molar-refractivity contribution in [3.8, 4) is 0 Å². The van der Waals surface area contributed by atoms with Crippen LogP contribution < -0.4 is 0 Å². The van der Waals surface area contributed by atoms with Crippen LogP contribution in [-0.2, 0) is 4.74 Å². The predicted octanol–water partition coefficient (Wildman–Crippen LogP) is 1.97. The molecule has 1 aliphatic heterocycles. The molecule has 0 radical (unpaired) electrons. The van der Waals surface area contributed by atoms with Gasteiger partial charge in [-0.15, -0.1) is 0 Å². The quantitative estimate of drug-likeness (QED) is 0.578. The van der Waals surface area contributed by atoms with Gasteiger partial charge in [-0.3, -0.25) is 4.90 Å². The summed E-state index contributed by atoms with van der Waals surface area (Å²) in [7, 11) is 1.74. The first-order chi connectivity index (χ1) is 7.72. The Bertz CT molecular complexity index is 231. The molecule has 1 aliphatic rings. The number of piperidine rings is 1. The van der Waals surface area contributed by atoms with Gasteiger partial charge in [-0.1, -0.05) is 12.1 Å². The number of methoxy groups -OCH3 is 1. The second-order valence-corrected chi connectivity index (χ2v) is 4.57. The highest BCUT2D eigenvalue weighted by atomic mass is 16.5. The predicted molar refractivity (Wildman–Crippen MR) is 65.1 cm³/mol. The molecule has 16 heavy (non-hydrogen) atoms. The van der Waals surface area contributed by atoms with Crippen LogP contribution in [0.15, 0.2) is 5.16 Å². The molecule has 1 N–H and O–H groups in total. The summed E-state index contributed by atoms with van der Waals surface area (Å²) in [5.74, 6) is 0.420. The minimum Gasteiger partial charge on any atom is -0.411 e. The van der Waals surface area contributed by atoms with E-state index in [0.717, 1.165) is 44.7 Å². The smallest absolute Gasteiger partial charge is 0.0627 e. The molecule has 0 aliphatic carbocycles. The molecule has 94 valence electrons. The summed E-state index contributed by atoms with van der Waals surface area (Å²) in [5.41, 5.74) is 0.970. The fraction of sp³-hybridized carbons (Fsp3) is 0.917. The topological polar surface area (TPSA) is 45.1 Å². The monoisotopic (exact) mass is 228 g/mol. The van der Waals surface area contributed by atoms with E-state index in [2.05, 4.69) is 23.9 Å². The Morgan fingerprint density at radius 3 is 2.94 bits per heavy atom. The molecular weight excluding hydrogens is 204 g/mol. The van der Waals surface area contributed by atoms with Gasteiger partial charge in [0.1, 0.15) is 0 Å². The van der Waals surface area contributed by atoms with E-state index in [1.807, 2.05) is 0 Å². The van der Waals surface area contributed by atoms with Crippen LogP contribution in [0.5, 0.6) is 0 Å². The van der Waals surface area contributed by atoms with E-state index in [9.17, 15) is 0 Å². The van der Waals surface area contributed by atoms with Crippen LogP contribution in [0.4, 0.5) is 0 Å². The number of likely N-dealkylation sites (tertiary alicyclic amines) is 1. The second kappa shape index (κ2) is 6.86. The highest BCUT2D eigenvalue weighted by molar-refractivity contribution is 5.87. The van der Waals surface area contributed by atoms with E-state index in [1.165, 1.54) is 0 Å². The lowest BCUT2D eigenvalue weighted by atomic mass is 9.92. The van der Waals surface area contributed by atoms with Crippen molar-refractivity contribution in [2.24, 2.45) is 11.1 Å². The van der Waals surface area contributed by atoms with Crippen LogP contribution in [0.25, 0.3) is 0 Å². The van der Waals surface area contributed by atoms with E-state index in [-0.39, 0.29) is 0 Å². The first-order valence-corrected chi connectivity index (χ1v) is 6.16. The fourth-order valence-electron chi connectivity index (χ4n) is 2.31. The zero-order valence-electron chi connectivity index (χ0n) is 10.6. The molecule has 0 saturated carbocycles. The molecule has 4 nitrogen and oxygen atoms in total. The van der Waals surface area contributed by atoms with Crippen LogP contribution in [0.3, 0.4) is 0 Å². The maximum atomic E-state index is 8.91. The summed E-state index contributed by atoms with van der Waals surface area (Å²) in [4.78, 5) is 2.47. The lowest BCUT2D eigenvalue weighted by Gasteiger charge is -2.36. The third-order valence-electron chi connectivity index (χ3n) is 3.57. The summed E-state index contributed by atoms with van der Waals surface area (Å²) in [6, 6.07) is 0.550. The number of nitrogens with zero attached hydrogens (tertiary/aromatic N) is 2.